The molecular weight excluding hydrogens is 934 g/mol. The predicted octanol–water partition coefficient (Wildman–Crippen LogP) is -0.0981. The van der Waals surface area contributed by atoms with E-state index in [1.165, 1.54) is 25.8 Å². The van der Waals surface area contributed by atoms with E-state index in [1.807, 2.05) is 0 Å². The van der Waals surface area contributed by atoms with Crippen LogP contribution in [0.3, 0.4) is 0 Å². The number of fused-ring (bicyclic) bond motifs is 2. The summed E-state index contributed by atoms with van der Waals surface area (Å²) in [6, 6.07) is -4.68. The van der Waals surface area contributed by atoms with Gasteiger partial charge in [0.2, 0.25) is 53.2 Å². The Labute approximate surface area is 413 Å². The molecule has 388 valence electrons. The highest BCUT2D eigenvalue weighted by molar-refractivity contribution is 6.09. The van der Waals surface area contributed by atoms with Crippen molar-refractivity contribution in [1.82, 2.24) is 41.3 Å². The van der Waals surface area contributed by atoms with Crippen LogP contribution in [0.15, 0.2) is 24.3 Å². The number of nitrogens with one attached hydrogen (secondary N) is 5. The molecule has 0 spiro atoms. The van der Waals surface area contributed by atoms with Crippen molar-refractivity contribution in [2.24, 2.45) is 23.5 Å². The summed E-state index contributed by atoms with van der Waals surface area (Å²) < 4.78 is 10.7. The van der Waals surface area contributed by atoms with Crippen molar-refractivity contribution in [2.45, 2.75) is 167 Å². The highest BCUT2D eigenvalue weighted by Gasteiger charge is 2.47. The molecule has 1 aromatic rings. The second-order valence-electron chi connectivity index (χ2n) is 19.4. The monoisotopic (exact) mass is 1000 g/mol. The fraction of sp³-hybridized carbons (Fsp3) is 0.660. The third-order valence-electron chi connectivity index (χ3n) is 12.8. The van der Waals surface area contributed by atoms with Gasteiger partial charge in [-0.2, -0.15) is 0 Å². The Morgan fingerprint density at radius 1 is 0.900 bits per heavy atom. The van der Waals surface area contributed by atoms with Gasteiger partial charge < -0.3 is 61.2 Å². The predicted molar refractivity (Wildman–Crippen MR) is 252 cm³/mol. The van der Waals surface area contributed by atoms with Gasteiger partial charge in [0.25, 0.3) is 0 Å². The Balaban J connectivity index is 1.83. The average molecular weight is 1000 g/mol. The number of likely N-dealkylation sites (tertiary alicyclic amines) is 1. The van der Waals surface area contributed by atoms with E-state index < -0.39 is 126 Å². The maximum atomic E-state index is 14.8. The van der Waals surface area contributed by atoms with Crippen LogP contribution in [-0.4, -0.2) is 153 Å². The number of halogens is 1. The first-order valence-electron chi connectivity index (χ1n) is 23.8. The molecule has 10 unspecified atom stereocenters. The average Bonchev–Trinajstić information content (AvgIpc) is 3.80. The van der Waals surface area contributed by atoms with E-state index in [9.17, 15) is 53.1 Å². The highest BCUT2D eigenvalue weighted by atomic mass is 35.5. The summed E-state index contributed by atoms with van der Waals surface area (Å²) in [5.41, 5.74) is 5.97. The number of nitrogens with zero attached hydrogens (tertiary/aromatic N) is 3. The number of ether oxygens (including phenoxy) is 1. The molecular formula is C47H70ClN9O13. The van der Waals surface area contributed by atoms with Gasteiger partial charge in [0, 0.05) is 33.4 Å². The molecule has 3 aliphatic heterocycles. The van der Waals surface area contributed by atoms with Crippen LogP contribution in [0.2, 0.25) is 0 Å². The van der Waals surface area contributed by atoms with Gasteiger partial charge >= 0.3 is 5.97 Å². The number of benzene rings is 1. The molecule has 0 aliphatic carbocycles. The van der Waals surface area contributed by atoms with E-state index in [0.717, 1.165) is 9.80 Å². The normalized spacial score (nSPS) is 26.9. The Morgan fingerprint density at radius 3 is 2.13 bits per heavy atom. The lowest BCUT2D eigenvalue weighted by molar-refractivity contribution is -0.167. The van der Waals surface area contributed by atoms with Gasteiger partial charge in [-0.05, 0) is 80.9 Å². The minimum Gasteiger partial charge on any atom is -0.458 e. The highest BCUT2D eigenvalue weighted by Crippen LogP contribution is 2.27. The van der Waals surface area contributed by atoms with Crippen LogP contribution < -0.4 is 36.6 Å². The molecule has 3 fully saturated rings. The smallest absolute Gasteiger partial charge is 0.328 e. The van der Waals surface area contributed by atoms with Gasteiger partial charge in [0.1, 0.15) is 78.3 Å². The number of aliphatic hydroxyl groups excluding tert-OH is 1. The van der Waals surface area contributed by atoms with Crippen molar-refractivity contribution in [2.75, 3.05) is 13.6 Å². The zero-order valence-electron chi connectivity index (χ0n) is 41.3. The minimum atomic E-state index is -1.80. The summed E-state index contributed by atoms with van der Waals surface area (Å²) >= 11 is 5.55. The second kappa shape index (κ2) is 25.2. The van der Waals surface area contributed by atoms with E-state index in [1.54, 1.807) is 65.8 Å². The summed E-state index contributed by atoms with van der Waals surface area (Å²) in [6.07, 6.45) is -3.14. The minimum absolute atomic E-state index is 0.00754. The fourth-order valence-electron chi connectivity index (χ4n) is 8.97. The van der Waals surface area contributed by atoms with E-state index in [4.69, 9.17) is 26.6 Å². The Morgan fingerprint density at radius 2 is 1.56 bits per heavy atom. The van der Waals surface area contributed by atoms with Crippen molar-refractivity contribution >= 4 is 71.0 Å². The van der Waals surface area contributed by atoms with Gasteiger partial charge in [-0.1, -0.05) is 53.7 Å². The summed E-state index contributed by atoms with van der Waals surface area (Å²) in [7, 11) is 1.36. The molecule has 4 rings (SSSR count). The Hall–Kier alpha value is -6.03. The number of hydrogen-bond donors (Lipinski definition) is 7. The SMILES string of the molecule is CC(=O)N1CCCC1C(=O)NC(CCC(N)=O)C(=O)NC1C(=O)NC(C(C)C)C(=O)NC2CCC(O)N(C2=O)C(C(C)C)C(=O)N(C)C(Cc2ccc(OCl)cc2)C(=O)NC(CC(C)C)C(=O)OC1C. The Kier molecular flexibility index (Phi) is 20.4. The largest absolute Gasteiger partial charge is 0.458 e. The van der Waals surface area contributed by atoms with Crippen LogP contribution in [0.4, 0.5) is 0 Å². The van der Waals surface area contributed by atoms with Crippen molar-refractivity contribution < 1.29 is 62.1 Å². The van der Waals surface area contributed by atoms with E-state index >= 15 is 0 Å². The number of rotatable bonds is 14. The number of carbonyl (C=O) groups is 10. The zero-order chi connectivity index (χ0) is 52.3. The molecule has 22 nitrogen and oxygen atoms in total. The Bertz CT molecular complexity index is 2110. The number of aliphatic hydroxyl groups is 1. The number of cyclic esters (lactones) is 1. The topological polar surface area (TPSA) is 305 Å². The third kappa shape index (κ3) is 14.5. The second-order valence-corrected chi connectivity index (χ2v) is 19.6. The lowest BCUT2D eigenvalue weighted by Gasteiger charge is -2.44. The fourth-order valence-corrected chi connectivity index (χ4v) is 9.07. The third-order valence-corrected chi connectivity index (χ3v) is 13.0. The van der Waals surface area contributed by atoms with Crippen LogP contribution in [0.1, 0.15) is 106 Å². The first-order valence-corrected chi connectivity index (χ1v) is 24.1. The number of primary amides is 1. The quantitative estimate of drug-likeness (QED) is 0.120. The van der Waals surface area contributed by atoms with Gasteiger partial charge in [-0.3, -0.25) is 43.2 Å². The van der Waals surface area contributed by atoms with E-state index in [0.29, 0.717) is 30.7 Å². The lowest BCUT2D eigenvalue weighted by Crippen LogP contribution is -2.66. The molecule has 2 bridgehead atoms. The number of amides is 9. The maximum absolute atomic E-state index is 14.8. The summed E-state index contributed by atoms with van der Waals surface area (Å²) in [5, 5.41) is 24.5. The zero-order valence-corrected chi connectivity index (χ0v) is 42.1. The van der Waals surface area contributed by atoms with Gasteiger partial charge in [0.05, 0.1) is 0 Å². The molecule has 3 saturated heterocycles. The van der Waals surface area contributed by atoms with Gasteiger partial charge in [0.15, 0.2) is 0 Å². The van der Waals surface area contributed by atoms with Gasteiger partial charge in [-0.25, -0.2) is 4.79 Å². The molecule has 10 atom stereocenters. The molecule has 3 heterocycles. The van der Waals surface area contributed by atoms with Crippen LogP contribution in [0.5, 0.6) is 5.75 Å². The summed E-state index contributed by atoms with van der Waals surface area (Å²) in [5.74, 6) is -9.34. The molecule has 0 radical (unpaired) electrons. The number of nitrogens with two attached hydrogens (primary N) is 1. The van der Waals surface area contributed by atoms with E-state index in [-0.39, 0.29) is 50.4 Å². The van der Waals surface area contributed by atoms with Crippen molar-refractivity contribution in [3.8, 4) is 5.75 Å². The standard InChI is InChI=1S/C47H70ClN9O13/c1-23(2)21-32-47(68)69-26(7)38(54-40(61)30(16-18-35(49)59)50-41(62)33-11-10-20-56(33)27(8)58)44(65)53-37(24(3)4)43(64)51-31-17-19-36(60)57(45(31)66)39(25(5)6)46(67)55(9)34(42(63)52-32)22-28-12-14-29(70-48)15-13-28/h12-15,23-26,30-34,36-39,60H,10-11,16-22H2,1-9H3,(H2,49,59)(H,50,62)(H,51,64)(H,52,63)(H,53,65)(H,54,61). The molecule has 1 aromatic carbocycles. The van der Waals surface area contributed by atoms with Crippen molar-refractivity contribution in [1.29, 1.82) is 0 Å². The molecule has 9 amide bonds. The molecule has 70 heavy (non-hydrogen) atoms. The molecule has 8 N–H and O–H groups in total. The van der Waals surface area contributed by atoms with E-state index in [2.05, 4.69) is 26.6 Å². The lowest BCUT2D eigenvalue weighted by atomic mass is 9.93. The number of piperidine rings is 1. The molecule has 23 heteroatoms. The van der Waals surface area contributed by atoms with Crippen LogP contribution >= 0.6 is 11.9 Å². The van der Waals surface area contributed by atoms with Crippen LogP contribution in [0, 0.1) is 17.8 Å². The maximum Gasteiger partial charge on any atom is 0.328 e. The molecule has 3 aliphatic rings. The van der Waals surface area contributed by atoms with Gasteiger partial charge in [-0.15, -0.1) is 0 Å². The van der Waals surface area contributed by atoms with Crippen LogP contribution in [0.25, 0.3) is 0 Å². The van der Waals surface area contributed by atoms with Crippen molar-refractivity contribution in [3.05, 3.63) is 29.8 Å². The summed E-state index contributed by atoms with van der Waals surface area (Å²) in [4.78, 5) is 143. The first kappa shape index (κ1) is 56.6. The summed E-state index contributed by atoms with van der Waals surface area (Å²) in [6.45, 7) is 13.0. The van der Waals surface area contributed by atoms with Crippen molar-refractivity contribution in [3.63, 3.8) is 0 Å². The number of esters is 1. The number of carbonyl (C=O) groups excluding carboxylic acids is 10. The number of hydrogen-bond acceptors (Lipinski definition) is 13. The number of likely N-dealkylation sites (N-methyl/N-ethyl adjacent to an activating group) is 1. The first-order chi connectivity index (χ1) is 32.9. The molecule has 0 aromatic heterocycles. The molecule has 0 saturated carbocycles. The van der Waals surface area contributed by atoms with Crippen LogP contribution in [-0.2, 0) is 59.1 Å².